The van der Waals surface area contributed by atoms with Crippen LogP contribution >= 0.6 is 15.9 Å². The number of nitrogens with zero attached hydrogens (tertiary/aromatic N) is 1. The predicted octanol–water partition coefficient (Wildman–Crippen LogP) is 4.52. The second kappa shape index (κ2) is 8.35. The van der Waals surface area contributed by atoms with Gasteiger partial charge >= 0.3 is 6.03 Å². The lowest BCUT2D eigenvalue weighted by Crippen LogP contribution is -2.42. The van der Waals surface area contributed by atoms with E-state index in [4.69, 9.17) is 0 Å². The second-order valence-electron chi connectivity index (χ2n) is 7.41. The van der Waals surface area contributed by atoms with Crippen LogP contribution in [0, 0.1) is 0 Å². The van der Waals surface area contributed by atoms with Crippen molar-refractivity contribution in [1.82, 2.24) is 10.2 Å². The van der Waals surface area contributed by atoms with Gasteiger partial charge in [0.05, 0.1) is 0 Å². The molecule has 4 rings (SSSR count). The fourth-order valence-corrected chi connectivity index (χ4v) is 3.88. The summed E-state index contributed by atoms with van der Waals surface area (Å²) >= 11 is 3.36. The molecule has 31 heavy (non-hydrogen) atoms. The predicted molar refractivity (Wildman–Crippen MR) is 122 cm³/mol. The average molecular weight is 478 g/mol. The minimum Gasteiger partial charge on any atom is -0.324 e. The average Bonchev–Trinajstić information content (AvgIpc) is 2.99. The fraction of sp³-hybridized carbons (Fsp3) is 0.125. The quantitative estimate of drug-likeness (QED) is 0.530. The molecule has 2 N–H and O–H groups in total. The fourth-order valence-electron chi connectivity index (χ4n) is 3.61. The molecule has 0 spiro atoms. The Morgan fingerprint density at radius 1 is 0.968 bits per heavy atom. The van der Waals surface area contributed by atoms with Gasteiger partial charge in [-0.25, -0.2) is 4.79 Å². The number of hydrogen-bond donors (Lipinski definition) is 2. The van der Waals surface area contributed by atoms with E-state index in [1.165, 1.54) is 0 Å². The molecular formula is C24H20BrN3O3. The zero-order valence-corrected chi connectivity index (χ0v) is 18.3. The third-order valence-corrected chi connectivity index (χ3v) is 5.81. The number of para-hydroxylation sites is 1. The lowest BCUT2D eigenvalue weighted by atomic mass is 9.92. The third-order valence-electron chi connectivity index (χ3n) is 5.28. The Morgan fingerprint density at radius 2 is 1.61 bits per heavy atom. The lowest BCUT2D eigenvalue weighted by Gasteiger charge is -2.22. The number of carbonyl (C=O) groups is 3. The number of nitrogens with one attached hydrogen (secondary N) is 2. The molecule has 0 saturated carbocycles. The van der Waals surface area contributed by atoms with Crippen molar-refractivity contribution < 1.29 is 14.4 Å². The number of halogens is 1. The number of hydrogen-bond acceptors (Lipinski definition) is 3. The molecule has 1 saturated heterocycles. The highest BCUT2D eigenvalue weighted by Gasteiger charge is 2.49. The van der Waals surface area contributed by atoms with Crippen LogP contribution in [0.1, 0.15) is 12.5 Å². The summed E-state index contributed by atoms with van der Waals surface area (Å²) < 4.78 is 0.866. The molecule has 1 aliphatic heterocycles. The van der Waals surface area contributed by atoms with E-state index >= 15 is 0 Å². The maximum Gasteiger partial charge on any atom is 0.325 e. The molecule has 7 heteroatoms. The maximum absolute atomic E-state index is 13.1. The van der Waals surface area contributed by atoms with Crippen LogP contribution in [0.25, 0.3) is 11.1 Å². The van der Waals surface area contributed by atoms with Gasteiger partial charge < -0.3 is 10.6 Å². The van der Waals surface area contributed by atoms with Crippen molar-refractivity contribution in [2.24, 2.45) is 0 Å². The molecule has 6 nitrogen and oxygen atoms in total. The van der Waals surface area contributed by atoms with E-state index in [0.29, 0.717) is 11.3 Å². The summed E-state index contributed by atoms with van der Waals surface area (Å²) in [6.07, 6.45) is 0. The van der Waals surface area contributed by atoms with Crippen molar-refractivity contribution >= 4 is 39.5 Å². The largest absolute Gasteiger partial charge is 0.325 e. The summed E-state index contributed by atoms with van der Waals surface area (Å²) in [5.74, 6) is -0.918. The van der Waals surface area contributed by atoms with Crippen molar-refractivity contribution in [2.45, 2.75) is 12.5 Å². The Balaban J connectivity index is 1.52. The van der Waals surface area contributed by atoms with Crippen molar-refractivity contribution in [3.8, 4) is 11.1 Å². The maximum atomic E-state index is 13.1. The molecule has 3 aromatic rings. The molecule has 1 aliphatic rings. The first-order chi connectivity index (χ1) is 14.9. The van der Waals surface area contributed by atoms with Gasteiger partial charge in [0.2, 0.25) is 5.91 Å². The number of rotatable bonds is 5. The first-order valence-corrected chi connectivity index (χ1v) is 10.5. The van der Waals surface area contributed by atoms with E-state index in [-0.39, 0.29) is 6.54 Å². The van der Waals surface area contributed by atoms with Gasteiger partial charge in [0.1, 0.15) is 12.1 Å². The van der Waals surface area contributed by atoms with Crippen LogP contribution < -0.4 is 10.6 Å². The summed E-state index contributed by atoms with van der Waals surface area (Å²) in [4.78, 5) is 39.3. The molecule has 4 amide bonds. The van der Waals surface area contributed by atoms with Crippen molar-refractivity contribution in [2.75, 3.05) is 11.9 Å². The van der Waals surface area contributed by atoms with Gasteiger partial charge in [-0.05, 0) is 36.2 Å². The molecular weight excluding hydrogens is 458 g/mol. The Morgan fingerprint density at radius 3 is 2.32 bits per heavy atom. The monoisotopic (exact) mass is 477 g/mol. The van der Waals surface area contributed by atoms with E-state index < -0.39 is 23.4 Å². The molecule has 156 valence electrons. The Labute approximate surface area is 188 Å². The molecule has 0 aliphatic carbocycles. The van der Waals surface area contributed by atoms with Crippen LogP contribution in [-0.4, -0.2) is 29.3 Å². The molecule has 0 bridgehead atoms. The first kappa shape index (κ1) is 20.8. The van der Waals surface area contributed by atoms with Crippen LogP contribution in [0.15, 0.2) is 83.3 Å². The molecule has 1 fully saturated rings. The lowest BCUT2D eigenvalue weighted by molar-refractivity contribution is -0.133. The highest BCUT2D eigenvalue weighted by molar-refractivity contribution is 9.10. The molecule has 0 unspecified atom stereocenters. The molecule has 1 heterocycles. The molecule has 0 aromatic heterocycles. The van der Waals surface area contributed by atoms with Gasteiger partial charge in [0.25, 0.3) is 5.91 Å². The minimum absolute atomic E-state index is 0.375. The van der Waals surface area contributed by atoms with Gasteiger partial charge in [0.15, 0.2) is 0 Å². The summed E-state index contributed by atoms with van der Waals surface area (Å²) in [6, 6.07) is 23.6. The number of amides is 4. The SMILES string of the molecule is C[C@]1(c2ccc(Br)cc2)NC(=O)N(CC(=O)Nc2ccccc2-c2ccccc2)C1=O. The van der Waals surface area contributed by atoms with Gasteiger partial charge in [0, 0.05) is 15.7 Å². The van der Waals surface area contributed by atoms with Crippen LogP contribution in [-0.2, 0) is 15.1 Å². The van der Waals surface area contributed by atoms with Crippen LogP contribution in [0.4, 0.5) is 10.5 Å². The summed E-state index contributed by atoms with van der Waals surface area (Å²) in [5.41, 5.74) is 1.84. The molecule has 0 radical (unpaired) electrons. The van der Waals surface area contributed by atoms with Crippen molar-refractivity contribution in [3.05, 3.63) is 88.9 Å². The Kier molecular flexibility index (Phi) is 5.61. The number of carbonyl (C=O) groups excluding carboxylic acids is 3. The van der Waals surface area contributed by atoms with Gasteiger partial charge in [-0.15, -0.1) is 0 Å². The standard InChI is InChI=1S/C24H20BrN3O3/c1-24(17-11-13-18(25)14-12-17)22(30)28(23(31)27-24)15-21(29)26-20-10-6-5-9-19(20)16-7-3-2-4-8-16/h2-14H,15H2,1H3,(H,26,29)(H,27,31)/t24-/m1/s1. The Bertz CT molecular complexity index is 1150. The van der Waals surface area contributed by atoms with Crippen LogP contribution in [0.3, 0.4) is 0 Å². The highest BCUT2D eigenvalue weighted by Crippen LogP contribution is 2.30. The smallest absolute Gasteiger partial charge is 0.324 e. The van der Waals surface area contributed by atoms with Crippen LogP contribution in [0.5, 0.6) is 0 Å². The summed E-state index contributed by atoms with van der Waals surface area (Å²) in [5, 5.41) is 5.55. The molecule has 1 atom stereocenters. The number of anilines is 1. The zero-order valence-electron chi connectivity index (χ0n) is 16.8. The van der Waals surface area contributed by atoms with E-state index in [1.807, 2.05) is 48.5 Å². The van der Waals surface area contributed by atoms with E-state index in [1.54, 1.807) is 37.3 Å². The van der Waals surface area contributed by atoms with Crippen molar-refractivity contribution in [3.63, 3.8) is 0 Å². The number of imide groups is 1. The highest BCUT2D eigenvalue weighted by atomic mass is 79.9. The second-order valence-corrected chi connectivity index (χ2v) is 8.33. The molecule has 3 aromatic carbocycles. The van der Waals surface area contributed by atoms with Crippen molar-refractivity contribution in [1.29, 1.82) is 0 Å². The van der Waals surface area contributed by atoms with E-state index in [9.17, 15) is 14.4 Å². The Hall–Kier alpha value is -3.45. The summed E-state index contributed by atoms with van der Waals surface area (Å²) in [6.45, 7) is 1.26. The minimum atomic E-state index is -1.22. The first-order valence-electron chi connectivity index (χ1n) is 9.73. The van der Waals surface area contributed by atoms with Gasteiger partial charge in [-0.3, -0.25) is 14.5 Å². The van der Waals surface area contributed by atoms with E-state index in [2.05, 4.69) is 26.6 Å². The van der Waals surface area contributed by atoms with Gasteiger partial charge in [-0.1, -0.05) is 76.6 Å². The number of urea groups is 1. The third kappa shape index (κ3) is 4.09. The summed E-state index contributed by atoms with van der Waals surface area (Å²) in [7, 11) is 0. The van der Waals surface area contributed by atoms with E-state index in [0.717, 1.165) is 20.5 Å². The van der Waals surface area contributed by atoms with Gasteiger partial charge in [-0.2, -0.15) is 0 Å². The van der Waals surface area contributed by atoms with Crippen LogP contribution in [0.2, 0.25) is 0 Å². The topological polar surface area (TPSA) is 78.5 Å². The zero-order chi connectivity index (χ0) is 22.0. The normalized spacial score (nSPS) is 18.1. The number of benzene rings is 3.